The third-order valence-corrected chi connectivity index (χ3v) is 3.81. The van der Waals surface area contributed by atoms with Crippen LogP contribution in [0.2, 0.25) is 0 Å². The van der Waals surface area contributed by atoms with E-state index in [1.165, 1.54) is 6.92 Å². The summed E-state index contributed by atoms with van der Waals surface area (Å²) in [4.78, 5) is 35.1. The zero-order chi connectivity index (χ0) is 14.0. The van der Waals surface area contributed by atoms with E-state index in [9.17, 15) is 14.4 Å². The van der Waals surface area contributed by atoms with Gasteiger partial charge in [0.25, 0.3) is 0 Å². The number of rotatable bonds is 4. The van der Waals surface area contributed by atoms with Crippen molar-refractivity contribution in [2.45, 2.75) is 38.3 Å². The van der Waals surface area contributed by atoms with Gasteiger partial charge in [-0.05, 0) is 13.8 Å². The number of esters is 2. The quantitative estimate of drug-likeness (QED) is 0.464. The molecule has 1 aliphatic heterocycles. The molecule has 18 heavy (non-hydrogen) atoms. The molecule has 102 valence electrons. The Kier molecular flexibility index (Phi) is 4.37. The van der Waals surface area contributed by atoms with Crippen LogP contribution in [-0.4, -0.2) is 40.9 Å². The van der Waals surface area contributed by atoms with Crippen molar-refractivity contribution in [3.8, 4) is 0 Å². The number of carbonyl (C=O) groups excluding carboxylic acids is 3. The van der Waals surface area contributed by atoms with Gasteiger partial charge in [-0.1, -0.05) is 15.9 Å². The minimum Gasteiger partial charge on any atom is -0.464 e. The summed E-state index contributed by atoms with van der Waals surface area (Å²) < 4.78 is 10.0. The molecule has 0 aromatic carbocycles. The number of halogens is 1. The molecule has 0 saturated carbocycles. The molecule has 0 aromatic heterocycles. The smallest absolute Gasteiger partial charge is 0.344 e. The van der Waals surface area contributed by atoms with Crippen molar-refractivity contribution >= 4 is 33.8 Å². The van der Waals surface area contributed by atoms with E-state index >= 15 is 0 Å². The molecule has 1 N–H and O–H groups in total. The second-order valence-corrected chi connectivity index (χ2v) is 5.02. The molecule has 0 aromatic rings. The summed E-state index contributed by atoms with van der Waals surface area (Å²) in [7, 11) is 0. The van der Waals surface area contributed by atoms with Crippen molar-refractivity contribution < 1.29 is 23.9 Å². The monoisotopic (exact) mass is 321 g/mol. The van der Waals surface area contributed by atoms with Crippen LogP contribution in [0.15, 0.2) is 0 Å². The summed E-state index contributed by atoms with van der Waals surface area (Å²) in [5, 5.41) is 2.74. The van der Waals surface area contributed by atoms with Crippen LogP contribution >= 0.6 is 15.9 Å². The fraction of sp³-hybridized carbons (Fsp3) is 0.727. The molecule has 1 aliphatic rings. The number of amides is 1. The number of carbonyl (C=O) groups is 3. The first kappa shape index (κ1) is 14.9. The van der Waals surface area contributed by atoms with Gasteiger partial charge >= 0.3 is 11.9 Å². The van der Waals surface area contributed by atoms with Crippen molar-refractivity contribution in [2.24, 2.45) is 0 Å². The predicted molar refractivity (Wildman–Crippen MR) is 66.1 cm³/mol. The first-order valence-corrected chi connectivity index (χ1v) is 6.67. The zero-order valence-corrected chi connectivity index (χ0v) is 12.1. The number of hydrogen-bond donors (Lipinski definition) is 1. The van der Waals surface area contributed by atoms with Crippen LogP contribution in [0, 0.1) is 0 Å². The standard InChI is InChI=1S/C11H16BrNO5/c1-4-17-8(15)11(13-7(2)14)5-10(3,6-12)18-9(11)16/h4-6H2,1-3H3,(H,13,14)/t10-,11+/m0/s1. The van der Waals surface area contributed by atoms with Crippen molar-refractivity contribution in [3.05, 3.63) is 0 Å². The minimum absolute atomic E-state index is 0.0441. The highest BCUT2D eigenvalue weighted by Crippen LogP contribution is 2.36. The van der Waals surface area contributed by atoms with Crippen LogP contribution in [0.25, 0.3) is 0 Å². The van der Waals surface area contributed by atoms with E-state index in [0.29, 0.717) is 5.33 Å². The Balaban J connectivity index is 3.10. The third kappa shape index (κ3) is 2.66. The molecular weight excluding hydrogens is 306 g/mol. The predicted octanol–water partition coefficient (Wildman–Crippen LogP) is 0.525. The van der Waals surface area contributed by atoms with Crippen LogP contribution in [0.5, 0.6) is 0 Å². The van der Waals surface area contributed by atoms with Gasteiger partial charge in [-0.15, -0.1) is 0 Å². The van der Waals surface area contributed by atoms with Gasteiger partial charge in [0.15, 0.2) is 0 Å². The lowest BCUT2D eigenvalue weighted by molar-refractivity contribution is -0.162. The summed E-state index contributed by atoms with van der Waals surface area (Å²) in [6, 6.07) is 0. The molecule has 0 aliphatic carbocycles. The Morgan fingerprint density at radius 1 is 1.56 bits per heavy atom. The molecule has 0 spiro atoms. The zero-order valence-electron chi connectivity index (χ0n) is 10.5. The molecule has 2 atom stereocenters. The van der Waals surface area contributed by atoms with E-state index in [4.69, 9.17) is 9.47 Å². The molecule has 7 heteroatoms. The maximum atomic E-state index is 12.0. The van der Waals surface area contributed by atoms with Crippen molar-refractivity contribution in [1.29, 1.82) is 0 Å². The highest BCUT2D eigenvalue weighted by molar-refractivity contribution is 9.09. The fourth-order valence-corrected chi connectivity index (χ4v) is 2.22. The van der Waals surface area contributed by atoms with Crippen molar-refractivity contribution in [2.75, 3.05) is 11.9 Å². The van der Waals surface area contributed by atoms with E-state index < -0.39 is 29.0 Å². The lowest BCUT2D eigenvalue weighted by atomic mass is 9.89. The Bertz CT molecular complexity index is 376. The van der Waals surface area contributed by atoms with Crippen molar-refractivity contribution in [3.63, 3.8) is 0 Å². The lowest BCUT2D eigenvalue weighted by Gasteiger charge is -2.24. The Morgan fingerprint density at radius 2 is 2.17 bits per heavy atom. The van der Waals surface area contributed by atoms with E-state index in [2.05, 4.69) is 21.2 Å². The van der Waals surface area contributed by atoms with Gasteiger partial charge in [0.1, 0.15) is 5.60 Å². The van der Waals surface area contributed by atoms with Gasteiger partial charge in [-0.25, -0.2) is 9.59 Å². The van der Waals surface area contributed by atoms with Gasteiger partial charge in [0.2, 0.25) is 11.4 Å². The molecule has 1 saturated heterocycles. The summed E-state index contributed by atoms with van der Waals surface area (Å²) >= 11 is 3.22. The van der Waals surface area contributed by atoms with Crippen molar-refractivity contribution in [1.82, 2.24) is 5.32 Å². The molecule has 1 rings (SSSR count). The number of nitrogens with one attached hydrogen (secondary N) is 1. The van der Waals surface area contributed by atoms with Gasteiger partial charge in [-0.3, -0.25) is 4.79 Å². The lowest BCUT2D eigenvalue weighted by Crippen LogP contribution is -2.58. The molecule has 0 bridgehead atoms. The second kappa shape index (κ2) is 5.26. The van der Waals surface area contributed by atoms with Crippen LogP contribution < -0.4 is 5.32 Å². The summed E-state index contributed by atoms with van der Waals surface area (Å²) in [5.74, 6) is -2.05. The number of hydrogen-bond acceptors (Lipinski definition) is 5. The summed E-state index contributed by atoms with van der Waals surface area (Å²) in [6.45, 7) is 4.67. The van der Waals surface area contributed by atoms with E-state index in [0.717, 1.165) is 0 Å². The molecule has 6 nitrogen and oxygen atoms in total. The number of alkyl halides is 1. The Labute approximate surface area is 114 Å². The maximum absolute atomic E-state index is 12.0. The SMILES string of the molecule is CCOC(=O)[C@]1(NC(C)=O)C[C@@](C)(CBr)OC1=O. The molecule has 0 unspecified atom stereocenters. The van der Waals surface area contributed by atoms with Gasteiger partial charge < -0.3 is 14.8 Å². The average Bonchev–Trinajstić information content (AvgIpc) is 2.52. The topological polar surface area (TPSA) is 81.7 Å². The highest BCUT2D eigenvalue weighted by atomic mass is 79.9. The summed E-state index contributed by atoms with van der Waals surface area (Å²) in [5.41, 5.74) is -2.57. The largest absolute Gasteiger partial charge is 0.464 e. The summed E-state index contributed by atoms with van der Waals surface area (Å²) in [6.07, 6.45) is 0.0441. The van der Waals surface area contributed by atoms with Gasteiger partial charge in [0.05, 0.1) is 6.61 Å². The van der Waals surface area contributed by atoms with E-state index in [1.807, 2.05) is 0 Å². The van der Waals surface area contributed by atoms with Gasteiger partial charge in [-0.2, -0.15) is 0 Å². The van der Waals surface area contributed by atoms with E-state index in [1.54, 1.807) is 13.8 Å². The van der Waals surface area contributed by atoms with Gasteiger partial charge in [0, 0.05) is 18.7 Å². The Hall–Kier alpha value is -1.11. The maximum Gasteiger partial charge on any atom is 0.344 e. The van der Waals surface area contributed by atoms with Crippen LogP contribution in [0.1, 0.15) is 27.2 Å². The fourth-order valence-electron chi connectivity index (χ4n) is 1.91. The minimum atomic E-state index is -1.73. The second-order valence-electron chi connectivity index (χ2n) is 4.46. The first-order valence-electron chi connectivity index (χ1n) is 5.55. The van der Waals surface area contributed by atoms with E-state index in [-0.39, 0.29) is 13.0 Å². The normalized spacial score (nSPS) is 30.8. The van der Waals surface area contributed by atoms with Crippen LogP contribution in [0.3, 0.4) is 0 Å². The number of ether oxygens (including phenoxy) is 2. The molecular formula is C11H16BrNO5. The molecule has 0 radical (unpaired) electrons. The van der Waals surface area contributed by atoms with Crippen LogP contribution in [-0.2, 0) is 23.9 Å². The Morgan fingerprint density at radius 3 is 2.56 bits per heavy atom. The highest BCUT2D eigenvalue weighted by Gasteiger charge is 2.61. The molecule has 1 amide bonds. The average molecular weight is 322 g/mol. The molecule has 1 heterocycles. The molecule has 1 fully saturated rings. The number of cyclic esters (lactones) is 1. The van der Waals surface area contributed by atoms with Crippen LogP contribution in [0.4, 0.5) is 0 Å². The third-order valence-electron chi connectivity index (χ3n) is 2.62. The first-order chi connectivity index (χ1) is 8.29.